The van der Waals surface area contributed by atoms with Gasteiger partial charge in [-0.15, -0.1) is 0 Å². The van der Waals surface area contributed by atoms with Crippen LogP contribution in [-0.4, -0.2) is 15.0 Å². The molecule has 3 heterocycles. The quantitative estimate of drug-likeness (QED) is 0.531. The molecule has 27 heavy (non-hydrogen) atoms. The van der Waals surface area contributed by atoms with E-state index in [0.29, 0.717) is 6.54 Å². The van der Waals surface area contributed by atoms with Gasteiger partial charge in [-0.3, -0.25) is 9.97 Å². The van der Waals surface area contributed by atoms with Gasteiger partial charge in [-0.05, 0) is 53.1 Å². The third kappa shape index (κ3) is 3.93. The molecule has 0 saturated heterocycles. The summed E-state index contributed by atoms with van der Waals surface area (Å²) in [6, 6.07) is 14.5. The van der Waals surface area contributed by atoms with Gasteiger partial charge in [-0.2, -0.15) is 0 Å². The summed E-state index contributed by atoms with van der Waals surface area (Å²) in [4.78, 5) is 11.5. The molecule has 0 aliphatic heterocycles. The van der Waals surface area contributed by atoms with Gasteiger partial charge in [0.15, 0.2) is 0 Å². The van der Waals surface area contributed by atoms with Crippen molar-refractivity contribution < 1.29 is 4.39 Å². The van der Waals surface area contributed by atoms with Crippen LogP contribution in [0.25, 0.3) is 22.3 Å². The van der Waals surface area contributed by atoms with Crippen molar-refractivity contribution >= 4 is 0 Å². The summed E-state index contributed by atoms with van der Waals surface area (Å²) in [6.45, 7) is 1.43. The number of hydrogen-bond acceptors (Lipinski definition) is 3. The highest BCUT2D eigenvalue weighted by atomic mass is 19.1. The number of hydrogen-bond donors (Lipinski definition) is 2. The summed E-state index contributed by atoms with van der Waals surface area (Å²) < 4.78 is 13.3. The predicted molar refractivity (Wildman–Crippen MR) is 104 cm³/mol. The standard InChI is InChI=1S/C22H19FN4/c23-19-3-1-17(2-4-19)20-14-27-21(22(20)18-7-11-25-12-8-18)15-26-13-16-5-9-24-10-6-16/h1-12,14,26-27H,13,15H2. The Balaban J connectivity index is 1.64. The van der Waals surface area contributed by atoms with E-state index in [2.05, 4.69) is 20.3 Å². The van der Waals surface area contributed by atoms with E-state index in [-0.39, 0.29) is 5.82 Å². The van der Waals surface area contributed by atoms with Crippen molar-refractivity contribution in [1.29, 1.82) is 0 Å². The topological polar surface area (TPSA) is 53.6 Å². The van der Waals surface area contributed by atoms with Gasteiger partial charge < -0.3 is 10.3 Å². The lowest BCUT2D eigenvalue weighted by atomic mass is 9.97. The molecule has 5 heteroatoms. The lowest BCUT2D eigenvalue weighted by molar-refractivity contribution is 0.628. The van der Waals surface area contributed by atoms with Crippen LogP contribution in [0.1, 0.15) is 11.3 Å². The molecule has 0 amide bonds. The van der Waals surface area contributed by atoms with E-state index >= 15 is 0 Å². The smallest absolute Gasteiger partial charge is 0.123 e. The number of pyridine rings is 2. The van der Waals surface area contributed by atoms with E-state index in [1.165, 1.54) is 17.7 Å². The Labute approximate surface area is 157 Å². The van der Waals surface area contributed by atoms with Crippen LogP contribution in [0.2, 0.25) is 0 Å². The Morgan fingerprint density at radius 1 is 0.778 bits per heavy atom. The molecule has 0 unspecified atom stereocenters. The van der Waals surface area contributed by atoms with E-state index < -0.39 is 0 Å². The Hall–Kier alpha value is -3.31. The van der Waals surface area contributed by atoms with Crippen LogP contribution in [0.15, 0.2) is 79.5 Å². The van der Waals surface area contributed by atoms with Gasteiger partial charge in [0.1, 0.15) is 5.82 Å². The molecule has 0 atom stereocenters. The van der Waals surface area contributed by atoms with Gasteiger partial charge in [-0.1, -0.05) is 12.1 Å². The summed E-state index contributed by atoms with van der Waals surface area (Å²) >= 11 is 0. The van der Waals surface area contributed by atoms with Gasteiger partial charge in [0.05, 0.1) is 0 Å². The number of H-pyrrole nitrogens is 1. The first kappa shape index (κ1) is 17.1. The number of nitrogens with zero attached hydrogens (tertiary/aromatic N) is 2. The molecule has 0 aliphatic carbocycles. The minimum Gasteiger partial charge on any atom is -0.363 e. The van der Waals surface area contributed by atoms with Crippen molar-refractivity contribution in [3.05, 3.63) is 96.6 Å². The first-order valence-electron chi connectivity index (χ1n) is 8.77. The number of aromatic amines is 1. The molecule has 0 spiro atoms. The molecule has 0 radical (unpaired) electrons. The van der Waals surface area contributed by atoms with Gasteiger partial charge in [0, 0.05) is 60.9 Å². The molecule has 4 nitrogen and oxygen atoms in total. The molecule has 0 aliphatic rings. The number of nitrogens with one attached hydrogen (secondary N) is 2. The van der Waals surface area contributed by atoms with Crippen molar-refractivity contribution in [2.45, 2.75) is 13.1 Å². The van der Waals surface area contributed by atoms with Gasteiger partial charge in [-0.25, -0.2) is 4.39 Å². The Kier molecular flexibility index (Phi) is 5.03. The lowest BCUT2D eigenvalue weighted by Crippen LogP contribution is -2.13. The first-order chi connectivity index (χ1) is 13.3. The lowest BCUT2D eigenvalue weighted by Gasteiger charge is -2.10. The first-order valence-corrected chi connectivity index (χ1v) is 8.77. The van der Waals surface area contributed by atoms with E-state index in [9.17, 15) is 4.39 Å². The molecule has 134 valence electrons. The fourth-order valence-electron chi connectivity index (χ4n) is 3.14. The van der Waals surface area contributed by atoms with Crippen LogP contribution in [0.4, 0.5) is 4.39 Å². The van der Waals surface area contributed by atoms with Crippen molar-refractivity contribution in [1.82, 2.24) is 20.3 Å². The minimum atomic E-state index is -0.237. The van der Waals surface area contributed by atoms with E-state index in [1.54, 1.807) is 36.9 Å². The maximum atomic E-state index is 13.3. The number of halogens is 1. The van der Waals surface area contributed by atoms with Crippen LogP contribution in [0.3, 0.4) is 0 Å². The van der Waals surface area contributed by atoms with E-state index in [4.69, 9.17) is 0 Å². The second-order valence-corrected chi connectivity index (χ2v) is 6.26. The Bertz CT molecular complexity index is 996. The highest BCUT2D eigenvalue weighted by Crippen LogP contribution is 2.35. The number of aromatic nitrogens is 3. The molecule has 2 N–H and O–H groups in total. The fourth-order valence-corrected chi connectivity index (χ4v) is 3.14. The van der Waals surface area contributed by atoms with Crippen molar-refractivity contribution in [2.75, 3.05) is 0 Å². The molecule has 1 aromatic carbocycles. The predicted octanol–water partition coefficient (Wildman–Crippen LogP) is 4.57. The summed E-state index contributed by atoms with van der Waals surface area (Å²) in [5.41, 5.74) is 6.45. The maximum absolute atomic E-state index is 13.3. The van der Waals surface area contributed by atoms with Crippen LogP contribution < -0.4 is 5.32 Å². The summed E-state index contributed by atoms with van der Waals surface area (Å²) in [6.07, 6.45) is 9.13. The van der Waals surface area contributed by atoms with E-state index in [1.807, 2.05) is 30.5 Å². The third-order valence-electron chi connectivity index (χ3n) is 4.47. The van der Waals surface area contributed by atoms with Crippen LogP contribution in [0, 0.1) is 5.82 Å². The second-order valence-electron chi connectivity index (χ2n) is 6.26. The van der Waals surface area contributed by atoms with Crippen LogP contribution >= 0.6 is 0 Å². The molecular formula is C22H19FN4. The second kappa shape index (κ2) is 7.93. The third-order valence-corrected chi connectivity index (χ3v) is 4.47. The van der Waals surface area contributed by atoms with Gasteiger partial charge in [0.25, 0.3) is 0 Å². The van der Waals surface area contributed by atoms with Crippen LogP contribution in [0.5, 0.6) is 0 Å². The van der Waals surface area contributed by atoms with Crippen molar-refractivity contribution in [3.63, 3.8) is 0 Å². The molecule has 4 rings (SSSR count). The SMILES string of the molecule is Fc1ccc(-c2c[nH]c(CNCc3ccncc3)c2-c2ccncc2)cc1. The van der Waals surface area contributed by atoms with E-state index in [0.717, 1.165) is 34.5 Å². The molecule has 0 fully saturated rings. The average molecular weight is 358 g/mol. The molecular weight excluding hydrogens is 339 g/mol. The zero-order valence-corrected chi connectivity index (χ0v) is 14.7. The monoisotopic (exact) mass is 358 g/mol. The Morgan fingerprint density at radius 3 is 2.15 bits per heavy atom. The van der Waals surface area contributed by atoms with Gasteiger partial charge in [0.2, 0.25) is 0 Å². The number of rotatable bonds is 6. The van der Waals surface area contributed by atoms with Crippen molar-refractivity contribution in [2.24, 2.45) is 0 Å². The average Bonchev–Trinajstić information content (AvgIpc) is 3.14. The van der Waals surface area contributed by atoms with Crippen molar-refractivity contribution in [3.8, 4) is 22.3 Å². The summed E-state index contributed by atoms with van der Waals surface area (Å²) in [5, 5.41) is 3.47. The highest BCUT2D eigenvalue weighted by Gasteiger charge is 2.14. The maximum Gasteiger partial charge on any atom is 0.123 e. The number of benzene rings is 1. The van der Waals surface area contributed by atoms with Gasteiger partial charge >= 0.3 is 0 Å². The zero-order valence-electron chi connectivity index (χ0n) is 14.7. The molecule has 0 bridgehead atoms. The largest absolute Gasteiger partial charge is 0.363 e. The molecule has 0 saturated carbocycles. The minimum absolute atomic E-state index is 0.237. The summed E-state index contributed by atoms with van der Waals surface area (Å²) in [7, 11) is 0. The molecule has 3 aromatic heterocycles. The Morgan fingerprint density at radius 2 is 1.44 bits per heavy atom. The molecule has 4 aromatic rings. The summed E-state index contributed by atoms with van der Waals surface area (Å²) in [5.74, 6) is -0.237. The van der Waals surface area contributed by atoms with Crippen LogP contribution in [-0.2, 0) is 13.1 Å². The zero-order chi connectivity index (χ0) is 18.5. The highest BCUT2D eigenvalue weighted by molar-refractivity contribution is 5.85. The fraction of sp³-hybridized carbons (Fsp3) is 0.0909. The normalized spacial score (nSPS) is 10.9.